The first-order valence-electron chi connectivity index (χ1n) is 10.3. The van der Waals surface area contributed by atoms with Gasteiger partial charge < -0.3 is 9.80 Å². The van der Waals surface area contributed by atoms with Crippen molar-refractivity contribution >= 4 is 49.3 Å². The summed E-state index contributed by atoms with van der Waals surface area (Å²) in [4.78, 5) is 34.4. The van der Waals surface area contributed by atoms with Gasteiger partial charge in [-0.15, -0.1) is 0 Å². The highest BCUT2D eigenvalue weighted by Gasteiger charge is 2.21. The topological polar surface area (TPSA) is 65.5 Å². The highest BCUT2D eigenvalue weighted by atomic mass is 32.1. The Kier molecular flexibility index (Phi) is 5.13. The standard InChI is InChI=1S/C24H22N4O2S/c1-27-11-13-28(14-12-27)23(30)17-9-10-20-21(15-17)31-24(25-20)26-22(29)19-8-4-6-16-5-2-3-7-18(16)19/h2-10,15H,11-14H2,1H3,(H,25,26,29). The molecule has 0 unspecified atom stereocenters. The van der Waals surface area contributed by atoms with Crippen molar-refractivity contribution in [3.8, 4) is 0 Å². The summed E-state index contributed by atoms with van der Waals surface area (Å²) in [5, 5.41) is 5.38. The quantitative estimate of drug-likeness (QED) is 0.532. The maximum Gasteiger partial charge on any atom is 0.258 e. The molecule has 3 aromatic carbocycles. The van der Waals surface area contributed by atoms with Gasteiger partial charge in [-0.05, 0) is 42.1 Å². The molecule has 1 aliphatic heterocycles. The second-order valence-electron chi connectivity index (χ2n) is 7.78. The van der Waals surface area contributed by atoms with Crippen molar-refractivity contribution in [2.45, 2.75) is 0 Å². The SMILES string of the molecule is CN1CCN(C(=O)c2ccc3nc(NC(=O)c4cccc5ccccc45)sc3c2)CC1. The fourth-order valence-corrected chi connectivity index (χ4v) is 4.79. The first-order chi connectivity index (χ1) is 15.1. The fourth-order valence-electron chi connectivity index (χ4n) is 3.89. The highest BCUT2D eigenvalue weighted by molar-refractivity contribution is 7.22. The van der Waals surface area contributed by atoms with E-state index in [4.69, 9.17) is 0 Å². The molecule has 0 spiro atoms. The first kappa shape index (κ1) is 19.7. The number of thiazole rings is 1. The van der Waals surface area contributed by atoms with Crippen LogP contribution in [0.25, 0.3) is 21.0 Å². The van der Waals surface area contributed by atoms with Crippen molar-refractivity contribution < 1.29 is 9.59 Å². The predicted molar refractivity (Wildman–Crippen MR) is 125 cm³/mol. The van der Waals surface area contributed by atoms with Gasteiger partial charge in [-0.3, -0.25) is 14.9 Å². The summed E-state index contributed by atoms with van der Waals surface area (Å²) >= 11 is 1.38. The Balaban J connectivity index is 1.37. The van der Waals surface area contributed by atoms with Crippen LogP contribution >= 0.6 is 11.3 Å². The summed E-state index contributed by atoms with van der Waals surface area (Å²) in [6.45, 7) is 3.25. The molecule has 1 aliphatic rings. The number of anilines is 1. The number of benzene rings is 3. The van der Waals surface area contributed by atoms with Crippen molar-refractivity contribution in [2.75, 3.05) is 38.5 Å². The highest BCUT2D eigenvalue weighted by Crippen LogP contribution is 2.28. The van der Waals surface area contributed by atoms with Gasteiger partial charge in [0.25, 0.3) is 11.8 Å². The van der Waals surface area contributed by atoms with Crippen LogP contribution in [0.5, 0.6) is 0 Å². The van der Waals surface area contributed by atoms with Gasteiger partial charge in [-0.1, -0.05) is 47.7 Å². The molecule has 5 rings (SSSR count). The van der Waals surface area contributed by atoms with E-state index in [1.807, 2.05) is 65.6 Å². The fraction of sp³-hybridized carbons (Fsp3) is 0.208. The van der Waals surface area contributed by atoms with Crippen LogP contribution in [0.3, 0.4) is 0 Å². The molecule has 0 aliphatic carbocycles. The van der Waals surface area contributed by atoms with Crippen LogP contribution in [0.2, 0.25) is 0 Å². The van der Waals surface area contributed by atoms with Gasteiger partial charge in [-0.2, -0.15) is 0 Å². The maximum absolute atomic E-state index is 12.9. The van der Waals surface area contributed by atoms with Gasteiger partial charge >= 0.3 is 0 Å². The van der Waals surface area contributed by atoms with Crippen LogP contribution in [0, 0.1) is 0 Å². The van der Waals surface area contributed by atoms with Crippen molar-refractivity contribution in [3.05, 3.63) is 71.8 Å². The second-order valence-corrected chi connectivity index (χ2v) is 8.81. The van der Waals surface area contributed by atoms with Crippen molar-refractivity contribution in [3.63, 3.8) is 0 Å². The second kappa shape index (κ2) is 8.09. The maximum atomic E-state index is 12.9. The normalized spacial score (nSPS) is 14.8. The predicted octanol–water partition coefficient (Wildman–Crippen LogP) is 4.09. The number of likely N-dealkylation sites (N-methyl/N-ethyl adjacent to an activating group) is 1. The van der Waals surface area contributed by atoms with Crippen LogP contribution in [0.15, 0.2) is 60.7 Å². The van der Waals surface area contributed by atoms with Gasteiger partial charge in [-0.25, -0.2) is 4.98 Å². The lowest BCUT2D eigenvalue weighted by Gasteiger charge is -2.32. The number of amides is 2. The molecule has 6 nitrogen and oxygen atoms in total. The smallest absolute Gasteiger partial charge is 0.258 e. The average molecular weight is 431 g/mol. The third kappa shape index (κ3) is 3.89. The van der Waals surface area contributed by atoms with E-state index in [2.05, 4.69) is 22.2 Å². The molecule has 156 valence electrons. The minimum atomic E-state index is -0.190. The molecule has 1 N–H and O–H groups in total. The molecule has 0 radical (unpaired) electrons. The zero-order chi connectivity index (χ0) is 21.4. The van der Waals surface area contributed by atoms with Crippen molar-refractivity contribution in [1.82, 2.24) is 14.8 Å². The molecule has 0 atom stereocenters. The Hall–Kier alpha value is -3.29. The Bertz CT molecular complexity index is 1290. The Morgan fingerprint density at radius 3 is 2.58 bits per heavy atom. The summed E-state index contributed by atoms with van der Waals surface area (Å²) < 4.78 is 0.883. The molecule has 7 heteroatoms. The number of fused-ring (bicyclic) bond motifs is 2. The summed E-state index contributed by atoms with van der Waals surface area (Å²) in [5.74, 6) is -0.144. The number of aromatic nitrogens is 1. The number of hydrogen-bond donors (Lipinski definition) is 1. The monoisotopic (exact) mass is 430 g/mol. The van der Waals surface area contributed by atoms with Crippen LogP contribution in [-0.2, 0) is 0 Å². The van der Waals surface area contributed by atoms with E-state index >= 15 is 0 Å². The Morgan fingerprint density at radius 1 is 0.968 bits per heavy atom. The molecule has 0 saturated carbocycles. The molecule has 1 aromatic heterocycles. The lowest BCUT2D eigenvalue weighted by atomic mass is 10.0. The molecule has 1 fully saturated rings. The minimum absolute atomic E-state index is 0.0461. The molecule has 31 heavy (non-hydrogen) atoms. The third-order valence-electron chi connectivity index (χ3n) is 5.68. The van der Waals surface area contributed by atoms with Crippen LogP contribution < -0.4 is 5.32 Å². The number of rotatable bonds is 3. The van der Waals surface area contributed by atoms with Gasteiger partial charge in [0, 0.05) is 37.3 Å². The molecular formula is C24H22N4O2S. The Labute approximate surface area is 184 Å². The molecular weight excluding hydrogens is 408 g/mol. The van der Waals surface area contributed by atoms with E-state index in [1.165, 1.54) is 11.3 Å². The number of piperazine rings is 1. The third-order valence-corrected chi connectivity index (χ3v) is 6.61. The van der Waals surface area contributed by atoms with E-state index in [1.54, 1.807) is 0 Å². The van der Waals surface area contributed by atoms with Gasteiger partial charge in [0.05, 0.1) is 10.2 Å². The summed E-state index contributed by atoms with van der Waals surface area (Å²) in [6, 6.07) is 19.0. The molecule has 2 amide bonds. The summed E-state index contributed by atoms with van der Waals surface area (Å²) in [5.41, 5.74) is 2.05. The lowest BCUT2D eigenvalue weighted by molar-refractivity contribution is 0.0664. The number of nitrogens with zero attached hydrogens (tertiary/aromatic N) is 3. The van der Waals surface area contributed by atoms with E-state index in [-0.39, 0.29) is 11.8 Å². The van der Waals surface area contributed by atoms with Crippen LogP contribution in [-0.4, -0.2) is 59.8 Å². The van der Waals surface area contributed by atoms with Crippen LogP contribution in [0.4, 0.5) is 5.13 Å². The Morgan fingerprint density at radius 2 is 1.74 bits per heavy atom. The number of carbonyl (C=O) groups excluding carboxylic acids is 2. The van der Waals surface area contributed by atoms with Gasteiger partial charge in [0.2, 0.25) is 0 Å². The first-order valence-corrected chi connectivity index (χ1v) is 11.1. The van der Waals surface area contributed by atoms with E-state index in [0.717, 1.165) is 47.2 Å². The molecule has 1 saturated heterocycles. The number of hydrogen-bond acceptors (Lipinski definition) is 5. The van der Waals surface area contributed by atoms with E-state index in [9.17, 15) is 9.59 Å². The molecule has 2 heterocycles. The van der Waals surface area contributed by atoms with Gasteiger partial charge in [0.15, 0.2) is 5.13 Å². The van der Waals surface area contributed by atoms with Crippen LogP contribution in [0.1, 0.15) is 20.7 Å². The average Bonchev–Trinajstić information content (AvgIpc) is 3.20. The largest absolute Gasteiger partial charge is 0.336 e. The van der Waals surface area contributed by atoms with Gasteiger partial charge in [0.1, 0.15) is 0 Å². The molecule has 4 aromatic rings. The van der Waals surface area contributed by atoms with Crippen molar-refractivity contribution in [1.29, 1.82) is 0 Å². The van der Waals surface area contributed by atoms with E-state index in [0.29, 0.717) is 16.3 Å². The lowest BCUT2D eigenvalue weighted by Crippen LogP contribution is -2.47. The zero-order valence-corrected chi connectivity index (χ0v) is 18.0. The van der Waals surface area contributed by atoms with E-state index < -0.39 is 0 Å². The summed E-state index contributed by atoms with van der Waals surface area (Å²) in [6.07, 6.45) is 0. The molecule has 0 bridgehead atoms. The zero-order valence-electron chi connectivity index (χ0n) is 17.2. The number of carbonyl (C=O) groups is 2. The minimum Gasteiger partial charge on any atom is -0.336 e. The van der Waals surface area contributed by atoms with Crippen molar-refractivity contribution in [2.24, 2.45) is 0 Å². The summed E-state index contributed by atoms with van der Waals surface area (Å²) in [7, 11) is 2.07. The number of nitrogens with one attached hydrogen (secondary N) is 1.